The largest absolute Gasteiger partial charge is 0.497 e. The molecule has 1 saturated carbocycles. The Kier molecular flexibility index (Phi) is 5.98. The molecule has 3 rings (SSSR count). The standard InChI is InChI=1S/C19H25N3O3S/c1-25-17-9-11-18(12-10-17)26(23,24)22-16-8-13-19(20-14-16)21-15-6-4-2-3-5-7-15/h8-15,22H,2-7H2,1H3,(H,20,21). The van der Waals surface area contributed by atoms with Crippen LogP contribution in [0.1, 0.15) is 38.5 Å². The first-order valence-electron chi connectivity index (χ1n) is 8.96. The second kappa shape index (κ2) is 8.40. The van der Waals surface area contributed by atoms with E-state index in [9.17, 15) is 8.42 Å². The van der Waals surface area contributed by atoms with E-state index >= 15 is 0 Å². The van der Waals surface area contributed by atoms with E-state index in [4.69, 9.17) is 4.74 Å². The minimum Gasteiger partial charge on any atom is -0.497 e. The molecule has 0 saturated heterocycles. The van der Waals surface area contributed by atoms with Crippen LogP contribution in [0.25, 0.3) is 0 Å². The van der Waals surface area contributed by atoms with E-state index in [1.807, 2.05) is 6.07 Å². The van der Waals surface area contributed by atoms with Crippen molar-refractivity contribution in [2.45, 2.75) is 49.5 Å². The van der Waals surface area contributed by atoms with Gasteiger partial charge < -0.3 is 10.1 Å². The highest BCUT2D eigenvalue weighted by Crippen LogP contribution is 2.22. The maximum Gasteiger partial charge on any atom is 0.261 e. The van der Waals surface area contributed by atoms with E-state index in [1.165, 1.54) is 44.9 Å². The molecule has 6 nitrogen and oxygen atoms in total. The molecule has 0 bridgehead atoms. The van der Waals surface area contributed by atoms with Gasteiger partial charge in [-0.2, -0.15) is 0 Å². The van der Waals surface area contributed by atoms with Gasteiger partial charge in [-0.25, -0.2) is 13.4 Å². The smallest absolute Gasteiger partial charge is 0.261 e. The molecule has 0 atom stereocenters. The van der Waals surface area contributed by atoms with Crippen LogP contribution < -0.4 is 14.8 Å². The number of sulfonamides is 1. The fraction of sp³-hybridized carbons (Fsp3) is 0.421. The van der Waals surface area contributed by atoms with Crippen LogP contribution in [0.4, 0.5) is 11.5 Å². The molecule has 1 aromatic heterocycles. The summed E-state index contributed by atoms with van der Waals surface area (Å²) in [5.41, 5.74) is 0.437. The van der Waals surface area contributed by atoms with Crippen LogP contribution in [-0.2, 0) is 10.0 Å². The number of methoxy groups -OCH3 is 1. The van der Waals surface area contributed by atoms with Gasteiger partial charge in [-0.1, -0.05) is 25.7 Å². The number of benzene rings is 1. The molecule has 0 radical (unpaired) electrons. The molecule has 0 amide bonds. The Hall–Kier alpha value is -2.28. The summed E-state index contributed by atoms with van der Waals surface area (Å²) in [5, 5.41) is 3.45. The summed E-state index contributed by atoms with van der Waals surface area (Å²) >= 11 is 0. The van der Waals surface area contributed by atoms with Gasteiger partial charge in [0.25, 0.3) is 10.0 Å². The number of hydrogen-bond acceptors (Lipinski definition) is 5. The number of rotatable bonds is 6. The summed E-state index contributed by atoms with van der Waals surface area (Å²) in [6.45, 7) is 0. The van der Waals surface area contributed by atoms with E-state index in [0.29, 0.717) is 17.5 Å². The Balaban J connectivity index is 1.64. The molecule has 1 aliphatic rings. The average Bonchev–Trinajstić information content (AvgIpc) is 2.92. The number of anilines is 2. The topological polar surface area (TPSA) is 80.3 Å². The Morgan fingerprint density at radius 2 is 1.69 bits per heavy atom. The van der Waals surface area contributed by atoms with Crippen molar-refractivity contribution < 1.29 is 13.2 Å². The van der Waals surface area contributed by atoms with Crippen LogP contribution >= 0.6 is 0 Å². The minimum absolute atomic E-state index is 0.180. The summed E-state index contributed by atoms with van der Waals surface area (Å²) in [7, 11) is -2.11. The third-order valence-corrected chi connectivity index (χ3v) is 5.99. The molecule has 0 spiro atoms. The molecule has 0 unspecified atom stereocenters. The summed E-state index contributed by atoms with van der Waals surface area (Å²) in [6, 6.07) is 10.3. The highest BCUT2D eigenvalue weighted by Gasteiger charge is 2.15. The molecular formula is C19H25N3O3S. The molecular weight excluding hydrogens is 350 g/mol. The second-order valence-corrected chi connectivity index (χ2v) is 8.23. The number of pyridine rings is 1. The van der Waals surface area contributed by atoms with Crippen LogP contribution in [0, 0.1) is 0 Å². The zero-order valence-electron chi connectivity index (χ0n) is 14.9. The van der Waals surface area contributed by atoms with Crippen molar-refractivity contribution in [3.05, 3.63) is 42.6 Å². The number of nitrogens with one attached hydrogen (secondary N) is 2. The van der Waals surface area contributed by atoms with Crippen LogP contribution in [0.2, 0.25) is 0 Å². The Morgan fingerprint density at radius 3 is 2.27 bits per heavy atom. The first-order chi connectivity index (χ1) is 12.6. The lowest BCUT2D eigenvalue weighted by Gasteiger charge is -2.17. The predicted octanol–water partition coefficient (Wildman–Crippen LogP) is 4.03. The summed E-state index contributed by atoms with van der Waals surface area (Å²) in [5.74, 6) is 1.39. The van der Waals surface area contributed by atoms with Crippen LogP contribution in [0.5, 0.6) is 5.75 Å². The van der Waals surface area contributed by atoms with Gasteiger partial charge in [-0.15, -0.1) is 0 Å². The summed E-state index contributed by atoms with van der Waals surface area (Å²) in [6.07, 6.45) is 8.96. The van der Waals surface area contributed by atoms with E-state index in [1.54, 1.807) is 24.4 Å². The number of nitrogens with zero attached hydrogens (tertiary/aromatic N) is 1. The molecule has 2 N–H and O–H groups in total. The van der Waals surface area contributed by atoms with Gasteiger partial charge in [0.1, 0.15) is 11.6 Å². The third kappa shape index (κ3) is 4.88. The van der Waals surface area contributed by atoms with E-state index < -0.39 is 10.0 Å². The lowest BCUT2D eigenvalue weighted by Crippen LogP contribution is -2.19. The normalized spacial score (nSPS) is 15.9. The molecule has 26 heavy (non-hydrogen) atoms. The van der Waals surface area contributed by atoms with Crippen molar-refractivity contribution in [2.24, 2.45) is 0 Å². The van der Waals surface area contributed by atoms with Crippen molar-refractivity contribution >= 4 is 21.5 Å². The van der Waals surface area contributed by atoms with Crippen molar-refractivity contribution in [1.29, 1.82) is 0 Å². The molecule has 7 heteroatoms. The van der Waals surface area contributed by atoms with Crippen molar-refractivity contribution in [1.82, 2.24) is 4.98 Å². The van der Waals surface area contributed by atoms with Gasteiger partial charge in [0.2, 0.25) is 0 Å². The lowest BCUT2D eigenvalue weighted by atomic mass is 10.1. The summed E-state index contributed by atoms with van der Waals surface area (Å²) in [4.78, 5) is 4.53. The SMILES string of the molecule is COc1ccc(S(=O)(=O)Nc2ccc(NC3CCCCCC3)nc2)cc1. The Morgan fingerprint density at radius 1 is 1.00 bits per heavy atom. The maximum atomic E-state index is 12.4. The number of hydrogen-bond donors (Lipinski definition) is 2. The molecule has 2 aromatic rings. The quantitative estimate of drug-likeness (QED) is 0.745. The number of ether oxygens (including phenoxy) is 1. The van der Waals surface area contributed by atoms with Crippen molar-refractivity contribution in [3.8, 4) is 5.75 Å². The number of aromatic nitrogens is 1. The fourth-order valence-corrected chi connectivity index (χ4v) is 4.18. The van der Waals surface area contributed by atoms with Gasteiger partial charge in [0, 0.05) is 6.04 Å². The van der Waals surface area contributed by atoms with E-state index in [0.717, 1.165) is 18.7 Å². The van der Waals surface area contributed by atoms with Crippen LogP contribution in [-0.4, -0.2) is 26.6 Å². The fourth-order valence-electron chi connectivity index (χ4n) is 3.14. The molecule has 1 fully saturated rings. The second-order valence-electron chi connectivity index (χ2n) is 6.55. The summed E-state index contributed by atoms with van der Waals surface area (Å²) < 4.78 is 32.5. The minimum atomic E-state index is -3.65. The maximum absolute atomic E-state index is 12.4. The van der Waals surface area contributed by atoms with E-state index in [2.05, 4.69) is 15.0 Å². The first-order valence-corrected chi connectivity index (χ1v) is 10.4. The highest BCUT2D eigenvalue weighted by molar-refractivity contribution is 7.92. The van der Waals surface area contributed by atoms with E-state index in [-0.39, 0.29) is 4.90 Å². The monoisotopic (exact) mass is 375 g/mol. The van der Waals surface area contributed by atoms with Crippen molar-refractivity contribution in [3.63, 3.8) is 0 Å². The van der Waals surface area contributed by atoms with Gasteiger partial charge in [-0.05, 0) is 49.2 Å². The third-order valence-electron chi connectivity index (χ3n) is 4.59. The highest BCUT2D eigenvalue weighted by atomic mass is 32.2. The zero-order chi connectivity index (χ0) is 18.4. The Bertz CT molecular complexity index is 797. The molecule has 1 aromatic carbocycles. The molecule has 0 aliphatic heterocycles. The first kappa shape index (κ1) is 18.5. The lowest BCUT2D eigenvalue weighted by molar-refractivity contribution is 0.414. The van der Waals surface area contributed by atoms with Crippen LogP contribution in [0.3, 0.4) is 0 Å². The van der Waals surface area contributed by atoms with Gasteiger partial charge in [-0.3, -0.25) is 4.72 Å². The van der Waals surface area contributed by atoms with Gasteiger partial charge in [0.15, 0.2) is 0 Å². The van der Waals surface area contributed by atoms with Gasteiger partial charge in [0.05, 0.1) is 23.9 Å². The average molecular weight is 375 g/mol. The van der Waals surface area contributed by atoms with Gasteiger partial charge >= 0.3 is 0 Å². The van der Waals surface area contributed by atoms with Crippen LogP contribution in [0.15, 0.2) is 47.5 Å². The molecule has 1 heterocycles. The predicted molar refractivity (Wildman–Crippen MR) is 103 cm³/mol. The Labute approximate surface area is 155 Å². The zero-order valence-corrected chi connectivity index (χ0v) is 15.8. The van der Waals surface area contributed by atoms with Crippen molar-refractivity contribution in [2.75, 3.05) is 17.1 Å². The molecule has 140 valence electrons. The molecule has 1 aliphatic carbocycles.